The molecule has 1 aromatic heterocycles. The second-order valence-corrected chi connectivity index (χ2v) is 5.57. The van der Waals surface area contributed by atoms with Gasteiger partial charge in [0.2, 0.25) is 10.0 Å². The maximum atomic E-state index is 12.1. The van der Waals surface area contributed by atoms with Crippen LogP contribution in [-0.2, 0) is 10.0 Å². The van der Waals surface area contributed by atoms with Gasteiger partial charge in [-0.2, -0.15) is 5.10 Å². The highest BCUT2D eigenvalue weighted by atomic mass is 32.2. The number of sulfonamides is 1. The first-order valence-corrected chi connectivity index (χ1v) is 6.83. The van der Waals surface area contributed by atoms with Crippen molar-refractivity contribution in [3.8, 4) is 0 Å². The van der Waals surface area contributed by atoms with Gasteiger partial charge in [0.15, 0.2) is 5.69 Å². The fraction of sp³-hybridized carbons (Fsp3) is 0.556. The first-order chi connectivity index (χ1) is 7.91. The molecular formula is C9H14N4O3S. The van der Waals surface area contributed by atoms with E-state index in [1.807, 2.05) is 0 Å². The summed E-state index contributed by atoms with van der Waals surface area (Å²) in [6.07, 6.45) is 1.86. The molecule has 0 spiro atoms. The van der Waals surface area contributed by atoms with E-state index in [0.717, 1.165) is 12.8 Å². The Labute approximate surface area is 99.0 Å². The number of nitrogens with zero attached hydrogens (tertiary/aromatic N) is 2. The molecule has 1 aliphatic rings. The van der Waals surface area contributed by atoms with Crippen molar-refractivity contribution in [2.75, 3.05) is 13.1 Å². The molecule has 1 fully saturated rings. The molecule has 2 heterocycles. The van der Waals surface area contributed by atoms with Crippen LogP contribution in [0.4, 0.5) is 0 Å². The number of primary sulfonamides is 1. The van der Waals surface area contributed by atoms with E-state index in [1.54, 1.807) is 4.90 Å². The molecule has 0 saturated carbocycles. The average molecular weight is 258 g/mol. The van der Waals surface area contributed by atoms with Crippen LogP contribution < -0.4 is 5.14 Å². The summed E-state index contributed by atoms with van der Waals surface area (Å²) in [7, 11) is -3.94. The van der Waals surface area contributed by atoms with Gasteiger partial charge < -0.3 is 4.90 Å². The van der Waals surface area contributed by atoms with E-state index in [1.165, 1.54) is 6.92 Å². The van der Waals surface area contributed by atoms with E-state index in [4.69, 9.17) is 5.14 Å². The minimum Gasteiger partial charge on any atom is -0.337 e. The molecule has 0 radical (unpaired) electrons. The molecule has 94 valence electrons. The van der Waals surface area contributed by atoms with Crippen molar-refractivity contribution in [1.82, 2.24) is 15.1 Å². The molecular weight excluding hydrogens is 244 g/mol. The molecule has 0 aliphatic carbocycles. The van der Waals surface area contributed by atoms with Gasteiger partial charge in [-0.25, -0.2) is 13.6 Å². The van der Waals surface area contributed by atoms with Crippen LogP contribution in [0.3, 0.4) is 0 Å². The van der Waals surface area contributed by atoms with Gasteiger partial charge in [0.1, 0.15) is 4.90 Å². The average Bonchev–Trinajstić information content (AvgIpc) is 2.83. The Morgan fingerprint density at radius 2 is 2.00 bits per heavy atom. The largest absolute Gasteiger partial charge is 0.337 e. The van der Waals surface area contributed by atoms with Gasteiger partial charge in [-0.1, -0.05) is 0 Å². The van der Waals surface area contributed by atoms with Crippen LogP contribution in [0.25, 0.3) is 0 Å². The smallest absolute Gasteiger partial charge is 0.275 e. The molecule has 1 aliphatic heterocycles. The van der Waals surface area contributed by atoms with Crippen molar-refractivity contribution in [2.24, 2.45) is 5.14 Å². The molecule has 17 heavy (non-hydrogen) atoms. The SMILES string of the molecule is Cc1[nH]nc(C(=O)N2CCCC2)c1S(N)(=O)=O. The van der Waals surface area contributed by atoms with Gasteiger partial charge in [0, 0.05) is 13.1 Å². The van der Waals surface area contributed by atoms with E-state index in [-0.39, 0.29) is 22.2 Å². The lowest BCUT2D eigenvalue weighted by atomic mass is 10.3. The summed E-state index contributed by atoms with van der Waals surface area (Å²) in [5.41, 5.74) is 0.182. The van der Waals surface area contributed by atoms with Crippen molar-refractivity contribution in [2.45, 2.75) is 24.7 Å². The molecule has 1 saturated heterocycles. The minimum atomic E-state index is -3.94. The topological polar surface area (TPSA) is 109 Å². The predicted octanol–water partition coefficient (Wildman–Crippen LogP) is -0.398. The van der Waals surface area contributed by atoms with Crippen LogP contribution in [0.5, 0.6) is 0 Å². The summed E-state index contributed by atoms with van der Waals surface area (Å²) in [5.74, 6) is -0.379. The number of amides is 1. The highest BCUT2D eigenvalue weighted by Crippen LogP contribution is 2.19. The minimum absolute atomic E-state index is 0.105. The monoisotopic (exact) mass is 258 g/mol. The van der Waals surface area contributed by atoms with E-state index in [9.17, 15) is 13.2 Å². The van der Waals surface area contributed by atoms with Crippen LogP contribution in [0.1, 0.15) is 29.0 Å². The summed E-state index contributed by atoms with van der Waals surface area (Å²) >= 11 is 0. The summed E-state index contributed by atoms with van der Waals surface area (Å²) in [5, 5.41) is 11.3. The van der Waals surface area contributed by atoms with Crippen molar-refractivity contribution < 1.29 is 13.2 Å². The third-order valence-electron chi connectivity index (χ3n) is 2.77. The Hall–Kier alpha value is -1.41. The van der Waals surface area contributed by atoms with E-state index >= 15 is 0 Å². The van der Waals surface area contributed by atoms with Crippen molar-refractivity contribution in [3.05, 3.63) is 11.4 Å². The zero-order valence-corrected chi connectivity index (χ0v) is 10.2. The number of nitrogens with one attached hydrogen (secondary N) is 1. The van der Waals surface area contributed by atoms with Crippen molar-refractivity contribution in [3.63, 3.8) is 0 Å². The molecule has 3 N–H and O–H groups in total. The molecule has 2 rings (SSSR count). The summed E-state index contributed by atoms with van der Waals surface area (Å²) in [6, 6.07) is 0. The molecule has 8 heteroatoms. The maximum absolute atomic E-state index is 12.1. The van der Waals surface area contributed by atoms with Crippen LogP contribution >= 0.6 is 0 Å². The quantitative estimate of drug-likeness (QED) is 0.752. The fourth-order valence-electron chi connectivity index (χ4n) is 1.98. The molecule has 0 bridgehead atoms. The van der Waals surface area contributed by atoms with E-state index in [0.29, 0.717) is 13.1 Å². The first-order valence-electron chi connectivity index (χ1n) is 5.28. The Morgan fingerprint density at radius 1 is 1.41 bits per heavy atom. The van der Waals surface area contributed by atoms with Crippen LogP contribution in [0.2, 0.25) is 0 Å². The van der Waals surface area contributed by atoms with E-state index in [2.05, 4.69) is 10.2 Å². The lowest BCUT2D eigenvalue weighted by molar-refractivity contribution is 0.0783. The molecule has 1 aromatic rings. The number of carbonyl (C=O) groups is 1. The van der Waals surface area contributed by atoms with Crippen LogP contribution in [0, 0.1) is 6.92 Å². The van der Waals surface area contributed by atoms with Gasteiger partial charge in [-0.05, 0) is 19.8 Å². The molecule has 0 atom stereocenters. The van der Waals surface area contributed by atoms with Gasteiger partial charge in [0.25, 0.3) is 5.91 Å². The van der Waals surface area contributed by atoms with Gasteiger partial charge in [0.05, 0.1) is 5.69 Å². The zero-order valence-electron chi connectivity index (χ0n) is 9.43. The number of nitrogens with two attached hydrogens (primary N) is 1. The summed E-state index contributed by atoms with van der Waals surface area (Å²) < 4.78 is 22.8. The number of aromatic nitrogens is 2. The highest BCUT2D eigenvalue weighted by Gasteiger charge is 2.29. The lowest BCUT2D eigenvalue weighted by Gasteiger charge is -2.13. The molecule has 1 amide bonds. The Kier molecular flexibility index (Phi) is 2.92. The number of hydrogen-bond donors (Lipinski definition) is 2. The third kappa shape index (κ3) is 2.18. The van der Waals surface area contributed by atoms with Crippen molar-refractivity contribution >= 4 is 15.9 Å². The predicted molar refractivity (Wildman–Crippen MR) is 59.8 cm³/mol. The molecule has 0 aromatic carbocycles. The van der Waals surface area contributed by atoms with Gasteiger partial charge in [-0.3, -0.25) is 9.89 Å². The van der Waals surface area contributed by atoms with E-state index < -0.39 is 10.0 Å². The second-order valence-electron chi connectivity index (χ2n) is 4.07. The number of aryl methyl sites for hydroxylation is 1. The third-order valence-corrected chi connectivity index (χ3v) is 3.84. The Morgan fingerprint density at radius 3 is 2.53 bits per heavy atom. The lowest BCUT2D eigenvalue weighted by Crippen LogP contribution is -2.30. The number of carbonyl (C=O) groups excluding carboxylic acids is 1. The van der Waals surface area contributed by atoms with Gasteiger partial charge >= 0.3 is 0 Å². The molecule has 7 nitrogen and oxygen atoms in total. The maximum Gasteiger partial charge on any atom is 0.275 e. The number of rotatable bonds is 2. The zero-order chi connectivity index (χ0) is 12.6. The Bertz CT molecular complexity index is 543. The van der Waals surface area contributed by atoms with Crippen molar-refractivity contribution in [1.29, 1.82) is 0 Å². The Balaban J connectivity index is 2.42. The number of aromatic amines is 1. The summed E-state index contributed by atoms with van der Waals surface area (Å²) in [6.45, 7) is 2.79. The number of likely N-dealkylation sites (tertiary alicyclic amines) is 1. The van der Waals surface area contributed by atoms with Crippen LogP contribution in [0.15, 0.2) is 4.90 Å². The van der Waals surface area contributed by atoms with Gasteiger partial charge in [-0.15, -0.1) is 0 Å². The first kappa shape index (κ1) is 12.1. The standard InChI is InChI=1S/C9H14N4O3S/c1-6-8(17(10,15)16)7(12-11-6)9(14)13-4-2-3-5-13/h2-5H2,1H3,(H,11,12)(H2,10,15,16). The van der Waals surface area contributed by atoms with Crippen LogP contribution in [-0.4, -0.2) is 42.5 Å². The number of H-pyrrole nitrogens is 1. The molecule has 0 unspecified atom stereocenters. The fourth-order valence-corrected chi connectivity index (χ4v) is 2.86. The highest BCUT2D eigenvalue weighted by molar-refractivity contribution is 7.89. The normalized spacial score (nSPS) is 16.5. The number of hydrogen-bond acceptors (Lipinski definition) is 4. The summed E-state index contributed by atoms with van der Waals surface area (Å²) in [4.78, 5) is 13.4. The second kappa shape index (κ2) is 4.11.